The van der Waals surface area contributed by atoms with Crippen molar-refractivity contribution < 1.29 is 14.3 Å². The molecule has 0 bridgehead atoms. The van der Waals surface area contributed by atoms with Gasteiger partial charge in [-0.25, -0.2) is 0 Å². The first-order valence-electron chi connectivity index (χ1n) is 7.12. The predicted octanol–water partition coefficient (Wildman–Crippen LogP) is 3.45. The quantitative estimate of drug-likeness (QED) is 0.859. The molecule has 0 radical (unpaired) electrons. The van der Waals surface area contributed by atoms with Gasteiger partial charge in [-0.15, -0.1) is 11.3 Å². The number of hydrogen-bond acceptors (Lipinski definition) is 4. The number of aryl methyl sites for hydroxylation is 2. The minimum atomic E-state index is -0.702. The van der Waals surface area contributed by atoms with Crippen LogP contribution >= 0.6 is 11.3 Å². The molecule has 0 saturated carbocycles. The van der Waals surface area contributed by atoms with E-state index in [1.165, 1.54) is 28.0 Å². The topological polar surface area (TPSA) is 62.5 Å². The number of nitrogens with one attached hydrogen (secondary N) is 1. The normalized spacial score (nSPS) is 13.9. The first-order chi connectivity index (χ1) is 10.0. The molecule has 0 saturated heterocycles. The SMILES string of the molecule is CCc1cc(C(=O)NC(C)CC(O)c2ccco2)sc1C. The highest BCUT2D eigenvalue weighted by molar-refractivity contribution is 7.14. The van der Waals surface area contributed by atoms with Gasteiger partial charge in [-0.1, -0.05) is 6.92 Å². The molecule has 0 aliphatic carbocycles. The Kier molecular flexibility index (Phi) is 5.20. The highest BCUT2D eigenvalue weighted by Gasteiger charge is 2.18. The Morgan fingerprint density at radius 1 is 1.52 bits per heavy atom. The van der Waals surface area contributed by atoms with E-state index in [9.17, 15) is 9.90 Å². The maximum atomic E-state index is 12.2. The number of rotatable bonds is 6. The lowest BCUT2D eigenvalue weighted by atomic mass is 10.1. The van der Waals surface area contributed by atoms with Crippen LogP contribution in [0.15, 0.2) is 28.9 Å². The maximum Gasteiger partial charge on any atom is 0.261 e. The summed E-state index contributed by atoms with van der Waals surface area (Å²) in [6, 6.07) is 5.29. The first-order valence-corrected chi connectivity index (χ1v) is 7.94. The van der Waals surface area contributed by atoms with Gasteiger partial charge >= 0.3 is 0 Å². The molecule has 2 rings (SSSR count). The van der Waals surface area contributed by atoms with Crippen molar-refractivity contribution in [3.8, 4) is 0 Å². The van der Waals surface area contributed by atoms with Crippen LogP contribution in [0.4, 0.5) is 0 Å². The van der Waals surface area contributed by atoms with Crippen molar-refractivity contribution in [3.05, 3.63) is 45.5 Å². The zero-order chi connectivity index (χ0) is 15.4. The first kappa shape index (κ1) is 15.8. The summed E-state index contributed by atoms with van der Waals surface area (Å²) in [5, 5.41) is 12.9. The predicted molar refractivity (Wildman–Crippen MR) is 83.6 cm³/mol. The van der Waals surface area contributed by atoms with Crippen LogP contribution in [0.2, 0.25) is 0 Å². The number of aliphatic hydroxyl groups is 1. The Hall–Kier alpha value is -1.59. The van der Waals surface area contributed by atoms with Crippen molar-refractivity contribution >= 4 is 17.2 Å². The zero-order valence-electron chi connectivity index (χ0n) is 12.6. The van der Waals surface area contributed by atoms with Crippen LogP contribution in [0.1, 0.15) is 52.2 Å². The van der Waals surface area contributed by atoms with Gasteiger partial charge in [-0.2, -0.15) is 0 Å². The molecule has 2 heterocycles. The summed E-state index contributed by atoms with van der Waals surface area (Å²) in [6.07, 6.45) is 2.18. The van der Waals surface area contributed by atoms with E-state index in [0.29, 0.717) is 12.2 Å². The summed E-state index contributed by atoms with van der Waals surface area (Å²) in [4.78, 5) is 14.1. The molecule has 2 unspecified atom stereocenters. The molecular weight excluding hydrogens is 286 g/mol. The highest BCUT2D eigenvalue weighted by atomic mass is 32.1. The average Bonchev–Trinajstić information content (AvgIpc) is 3.07. The molecule has 0 spiro atoms. The van der Waals surface area contributed by atoms with Gasteiger partial charge in [-0.05, 0) is 44.0 Å². The Bertz CT molecular complexity index is 589. The summed E-state index contributed by atoms with van der Waals surface area (Å²) >= 11 is 1.51. The minimum Gasteiger partial charge on any atom is -0.467 e. The van der Waals surface area contributed by atoms with E-state index < -0.39 is 6.10 Å². The van der Waals surface area contributed by atoms with Gasteiger partial charge in [0.1, 0.15) is 11.9 Å². The Morgan fingerprint density at radius 2 is 2.29 bits per heavy atom. The van der Waals surface area contributed by atoms with Crippen molar-refractivity contribution in [2.45, 2.75) is 45.8 Å². The van der Waals surface area contributed by atoms with Crippen LogP contribution < -0.4 is 5.32 Å². The summed E-state index contributed by atoms with van der Waals surface area (Å²) < 4.78 is 5.16. The summed E-state index contributed by atoms with van der Waals surface area (Å²) in [6.45, 7) is 5.99. The largest absolute Gasteiger partial charge is 0.467 e. The molecule has 2 atom stereocenters. The Morgan fingerprint density at radius 3 is 2.86 bits per heavy atom. The number of carbonyl (C=O) groups excluding carboxylic acids is 1. The van der Waals surface area contributed by atoms with Gasteiger partial charge in [0.25, 0.3) is 5.91 Å². The van der Waals surface area contributed by atoms with Crippen LogP contribution in [0.3, 0.4) is 0 Å². The van der Waals surface area contributed by atoms with Crippen molar-refractivity contribution in [2.75, 3.05) is 0 Å². The van der Waals surface area contributed by atoms with E-state index in [1.54, 1.807) is 12.1 Å². The van der Waals surface area contributed by atoms with Crippen molar-refractivity contribution in [1.82, 2.24) is 5.32 Å². The zero-order valence-corrected chi connectivity index (χ0v) is 13.4. The van der Waals surface area contributed by atoms with Crippen molar-refractivity contribution in [3.63, 3.8) is 0 Å². The minimum absolute atomic E-state index is 0.0815. The lowest BCUT2D eigenvalue weighted by Gasteiger charge is -2.16. The van der Waals surface area contributed by atoms with Gasteiger partial charge in [0.2, 0.25) is 0 Å². The maximum absolute atomic E-state index is 12.2. The van der Waals surface area contributed by atoms with Gasteiger partial charge < -0.3 is 14.8 Å². The fourth-order valence-corrected chi connectivity index (χ4v) is 3.29. The average molecular weight is 307 g/mol. The van der Waals surface area contributed by atoms with Crippen LogP contribution in [0, 0.1) is 6.92 Å². The van der Waals surface area contributed by atoms with E-state index >= 15 is 0 Å². The van der Waals surface area contributed by atoms with Crippen molar-refractivity contribution in [1.29, 1.82) is 0 Å². The molecule has 0 fully saturated rings. The molecule has 4 nitrogen and oxygen atoms in total. The Labute approximate surface area is 128 Å². The molecule has 5 heteroatoms. The molecule has 21 heavy (non-hydrogen) atoms. The van der Waals surface area contributed by atoms with Crippen molar-refractivity contribution in [2.24, 2.45) is 0 Å². The number of aliphatic hydroxyl groups excluding tert-OH is 1. The molecule has 0 aromatic carbocycles. The fourth-order valence-electron chi connectivity index (χ4n) is 2.27. The molecule has 2 N–H and O–H groups in total. The lowest BCUT2D eigenvalue weighted by molar-refractivity contribution is 0.0907. The lowest BCUT2D eigenvalue weighted by Crippen LogP contribution is -2.33. The molecule has 1 amide bonds. The van der Waals surface area contributed by atoms with Gasteiger partial charge in [0.15, 0.2) is 0 Å². The second-order valence-electron chi connectivity index (χ2n) is 5.19. The second kappa shape index (κ2) is 6.91. The monoisotopic (exact) mass is 307 g/mol. The van der Waals surface area contributed by atoms with Crippen LogP contribution in [0.5, 0.6) is 0 Å². The van der Waals surface area contributed by atoms with E-state index in [2.05, 4.69) is 12.2 Å². The molecule has 114 valence electrons. The van der Waals surface area contributed by atoms with Gasteiger partial charge in [0.05, 0.1) is 11.1 Å². The second-order valence-corrected chi connectivity index (χ2v) is 6.44. The molecule has 0 aliphatic heterocycles. The number of thiophene rings is 1. The molecule has 2 aromatic heterocycles. The number of carbonyl (C=O) groups is 1. The number of amides is 1. The van der Waals surface area contributed by atoms with Gasteiger partial charge in [-0.3, -0.25) is 4.79 Å². The summed E-state index contributed by atoms with van der Waals surface area (Å²) in [5.74, 6) is 0.443. The van der Waals surface area contributed by atoms with E-state index in [-0.39, 0.29) is 11.9 Å². The summed E-state index contributed by atoms with van der Waals surface area (Å²) in [7, 11) is 0. The highest BCUT2D eigenvalue weighted by Crippen LogP contribution is 2.23. The fraction of sp³-hybridized carbons (Fsp3) is 0.438. The third kappa shape index (κ3) is 3.95. The number of furan rings is 1. The third-order valence-electron chi connectivity index (χ3n) is 3.45. The standard InChI is InChI=1S/C16H21NO3S/c1-4-12-9-15(21-11(12)3)16(19)17-10(2)8-13(18)14-6-5-7-20-14/h5-7,9-10,13,18H,4,8H2,1-3H3,(H,17,19). The van der Waals surface area contributed by atoms with Gasteiger partial charge in [0, 0.05) is 17.3 Å². The van der Waals surface area contributed by atoms with E-state index in [4.69, 9.17) is 4.42 Å². The molecule has 2 aromatic rings. The van der Waals surface area contributed by atoms with Crippen LogP contribution in [-0.4, -0.2) is 17.1 Å². The molecular formula is C16H21NO3S. The molecule has 0 aliphatic rings. The Balaban J connectivity index is 1.92. The van der Waals surface area contributed by atoms with E-state index in [1.807, 2.05) is 19.9 Å². The smallest absolute Gasteiger partial charge is 0.261 e. The number of hydrogen-bond donors (Lipinski definition) is 2. The third-order valence-corrected chi connectivity index (χ3v) is 4.54. The van der Waals surface area contributed by atoms with Crippen LogP contribution in [0.25, 0.3) is 0 Å². The summed E-state index contributed by atoms with van der Waals surface area (Å²) in [5.41, 5.74) is 1.22. The van der Waals surface area contributed by atoms with Crippen LogP contribution in [-0.2, 0) is 6.42 Å². The van der Waals surface area contributed by atoms with E-state index in [0.717, 1.165) is 11.3 Å².